The molecule has 0 saturated carbocycles. The highest BCUT2D eigenvalue weighted by Gasteiger charge is 2.20. The van der Waals surface area contributed by atoms with Crippen LogP contribution in [0.3, 0.4) is 0 Å². The van der Waals surface area contributed by atoms with Gasteiger partial charge in [0.2, 0.25) is 0 Å². The summed E-state index contributed by atoms with van der Waals surface area (Å²) in [5.74, 6) is 0.176. The molecule has 0 bridgehead atoms. The van der Waals surface area contributed by atoms with Crippen LogP contribution >= 0.6 is 0 Å². The number of hydrogen-bond acceptors (Lipinski definition) is 6. The van der Waals surface area contributed by atoms with E-state index in [1.54, 1.807) is 45.0 Å². The summed E-state index contributed by atoms with van der Waals surface area (Å²) in [5.41, 5.74) is 1.11. The number of rotatable bonds is 7. The number of hydrogen-bond donors (Lipinski definition) is 2. The largest absolute Gasteiger partial charge is 0.444 e. The first-order chi connectivity index (χ1) is 13.5. The Morgan fingerprint density at radius 2 is 1.66 bits per heavy atom. The minimum Gasteiger partial charge on any atom is -0.444 e. The molecule has 2 rings (SSSR count). The standard InChI is InChI=1S/C21H27NO6S/c1-15-5-11-19(12-6-15)29(25,26)28-18-9-7-16(8-10-18)13-17(14-23)22-20(24)27-21(2,3)4/h5-12,17,23H,13-14H2,1-4H3,(H,22,24). The molecule has 2 aromatic rings. The van der Waals surface area contributed by atoms with Gasteiger partial charge in [-0.25, -0.2) is 4.79 Å². The number of nitrogens with one attached hydrogen (secondary N) is 1. The lowest BCUT2D eigenvalue weighted by molar-refractivity contribution is 0.0483. The number of carbonyl (C=O) groups is 1. The molecule has 0 aliphatic carbocycles. The van der Waals surface area contributed by atoms with Gasteiger partial charge in [-0.2, -0.15) is 8.42 Å². The Hall–Kier alpha value is -2.58. The van der Waals surface area contributed by atoms with Crippen LogP contribution in [0.5, 0.6) is 5.75 Å². The highest BCUT2D eigenvalue weighted by molar-refractivity contribution is 7.87. The van der Waals surface area contributed by atoms with E-state index in [9.17, 15) is 18.3 Å². The Labute approximate surface area is 171 Å². The van der Waals surface area contributed by atoms with Crippen LogP contribution < -0.4 is 9.50 Å². The van der Waals surface area contributed by atoms with E-state index in [2.05, 4.69) is 5.32 Å². The summed E-state index contributed by atoms with van der Waals surface area (Å²) in [6.07, 6.45) is -0.263. The van der Waals surface area contributed by atoms with Crippen molar-refractivity contribution in [2.24, 2.45) is 0 Å². The maximum Gasteiger partial charge on any atom is 0.407 e. The lowest BCUT2D eigenvalue weighted by Crippen LogP contribution is -2.42. The Morgan fingerprint density at radius 1 is 1.07 bits per heavy atom. The Morgan fingerprint density at radius 3 is 2.17 bits per heavy atom. The monoisotopic (exact) mass is 421 g/mol. The minimum atomic E-state index is -3.92. The zero-order valence-electron chi connectivity index (χ0n) is 17.0. The summed E-state index contributed by atoms with van der Waals surface area (Å²) in [7, 11) is -3.92. The molecule has 7 nitrogen and oxygen atoms in total. The second-order valence-electron chi connectivity index (χ2n) is 7.72. The molecule has 0 fully saturated rings. The molecule has 158 valence electrons. The van der Waals surface area contributed by atoms with Crippen LogP contribution in [0.2, 0.25) is 0 Å². The predicted molar refractivity (Wildman–Crippen MR) is 109 cm³/mol. The van der Waals surface area contributed by atoms with Gasteiger partial charge in [-0.05, 0) is 63.9 Å². The highest BCUT2D eigenvalue weighted by Crippen LogP contribution is 2.20. The van der Waals surface area contributed by atoms with Crippen molar-refractivity contribution in [3.8, 4) is 5.75 Å². The number of aliphatic hydroxyl groups excluding tert-OH is 1. The van der Waals surface area contributed by atoms with Crippen LogP contribution in [0.25, 0.3) is 0 Å². The van der Waals surface area contributed by atoms with Gasteiger partial charge in [-0.1, -0.05) is 29.8 Å². The molecule has 0 aliphatic heterocycles. The maximum absolute atomic E-state index is 12.3. The molecule has 0 heterocycles. The SMILES string of the molecule is Cc1ccc(S(=O)(=O)Oc2ccc(CC(CO)NC(=O)OC(C)(C)C)cc2)cc1. The zero-order chi connectivity index (χ0) is 21.7. The van der Waals surface area contributed by atoms with Gasteiger partial charge in [0.05, 0.1) is 12.6 Å². The van der Waals surface area contributed by atoms with Gasteiger partial charge >= 0.3 is 16.2 Å². The van der Waals surface area contributed by atoms with Crippen molar-refractivity contribution in [2.45, 2.75) is 50.7 Å². The van der Waals surface area contributed by atoms with Crippen LogP contribution in [0.15, 0.2) is 53.4 Å². The Bertz CT molecular complexity index is 915. The summed E-state index contributed by atoms with van der Waals surface area (Å²) in [5, 5.41) is 12.1. The van der Waals surface area contributed by atoms with E-state index in [0.717, 1.165) is 11.1 Å². The average Bonchev–Trinajstić information content (AvgIpc) is 2.61. The first-order valence-corrected chi connectivity index (χ1v) is 10.6. The van der Waals surface area contributed by atoms with Crippen molar-refractivity contribution in [3.63, 3.8) is 0 Å². The third kappa shape index (κ3) is 7.40. The second kappa shape index (κ2) is 9.28. The van der Waals surface area contributed by atoms with Crippen LogP contribution in [-0.2, 0) is 21.3 Å². The second-order valence-corrected chi connectivity index (χ2v) is 9.27. The lowest BCUT2D eigenvalue weighted by atomic mass is 10.1. The molecule has 29 heavy (non-hydrogen) atoms. The molecule has 0 aliphatic rings. The third-order valence-corrected chi connectivity index (χ3v) is 5.12. The molecule has 0 radical (unpaired) electrons. The number of ether oxygens (including phenoxy) is 1. The molecule has 1 atom stereocenters. The van der Waals surface area contributed by atoms with E-state index in [1.807, 2.05) is 6.92 Å². The molecule has 0 spiro atoms. The molecule has 8 heteroatoms. The molecule has 1 amide bonds. The molecular formula is C21H27NO6S. The van der Waals surface area contributed by atoms with E-state index in [-0.39, 0.29) is 17.3 Å². The molecule has 0 aromatic heterocycles. The summed E-state index contributed by atoms with van der Waals surface area (Å²) >= 11 is 0. The summed E-state index contributed by atoms with van der Waals surface area (Å²) < 4.78 is 35.0. The number of benzene rings is 2. The Balaban J connectivity index is 2.00. The zero-order valence-corrected chi connectivity index (χ0v) is 17.8. The van der Waals surface area contributed by atoms with E-state index in [1.165, 1.54) is 24.3 Å². The molecule has 2 N–H and O–H groups in total. The topological polar surface area (TPSA) is 102 Å². The van der Waals surface area contributed by atoms with E-state index in [0.29, 0.717) is 6.42 Å². The molecular weight excluding hydrogens is 394 g/mol. The Kier molecular flexibility index (Phi) is 7.26. The summed E-state index contributed by atoms with van der Waals surface area (Å²) in [6.45, 7) is 6.87. The molecule has 0 saturated heterocycles. The predicted octanol–water partition coefficient (Wildman–Crippen LogP) is 3.19. The van der Waals surface area contributed by atoms with Gasteiger partial charge in [0, 0.05) is 0 Å². The van der Waals surface area contributed by atoms with Crippen molar-refractivity contribution in [1.82, 2.24) is 5.32 Å². The summed E-state index contributed by atoms with van der Waals surface area (Å²) in [6, 6.07) is 12.3. The van der Waals surface area contributed by atoms with Crippen molar-refractivity contribution in [1.29, 1.82) is 0 Å². The van der Waals surface area contributed by atoms with Crippen LogP contribution in [0, 0.1) is 6.92 Å². The first-order valence-electron chi connectivity index (χ1n) is 9.19. The van der Waals surface area contributed by atoms with Crippen molar-refractivity contribution in [2.75, 3.05) is 6.61 Å². The smallest absolute Gasteiger partial charge is 0.407 e. The number of aliphatic hydroxyl groups is 1. The van der Waals surface area contributed by atoms with E-state index < -0.39 is 27.9 Å². The number of amides is 1. The van der Waals surface area contributed by atoms with Gasteiger partial charge in [0.15, 0.2) is 0 Å². The highest BCUT2D eigenvalue weighted by atomic mass is 32.2. The lowest BCUT2D eigenvalue weighted by Gasteiger charge is -2.22. The van der Waals surface area contributed by atoms with Crippen molar-refractivity contribution < 1.29 is 27.2 Å². The van der Waals surface area contributed by atoms with Gasteiger partial charge < -0.3 is 19.3 Å². The van der Waals surface area contributed by atoms with E-state index in [4.69, 9.17) is 8.92 Å². The third-order valence-electron chi connectivity index (χ3n) is 3.86. The van der Waals surface area contributed by atoms with Crippen LogP contribution in [0.1, 0.15) is 31.9 Å². The fourth-order valence-corrected chi connectivity index (χ4v) is 3.41. The average molecular weight is 422 g/mol. The number of carbonyl (C=O) groups excluding carboxylic acids is 1. The summed E-state index contributed by atoms with van der Waals surface area (Å²) in [4.78, 5) is 11.9. The molecule has 1 unspecified atom stereocenters. The fourth-order valence-electron chi connectivity index (χ4n) is 2.48. The van der Waals surface area contributed by atoms with E-state index >= 15 is 0 Å². The van der Waals surface area contributed by atoms with Gasteiger partial charge in [0.1, 0.15) is 16.2 Å². The number of alkyl carbamates (subject to hydrolysis) is 1. The minimum absolute atomic E-state index is 0.0779. The van der Waals surface area contributed by atoms with Crippen molar-refractivity contribution in [3.05, 3.63) is 59.7 Å². The maximum atomic E-state index is 12.3. The quantitative estimate of drug-likeness (QED) is 0.666. The number of aryl methyl sites for hydroxylation is 1. The normalized spacial score (nSPS) is 12.9. The van der Waals surface area contributed by atoms with Crippen LogP contribution in [-0.4, -0.2) is 37.9 Å². The van der Waals surface area contributed by atoms with Gasteiger partial charge in [-0.3, -0.25) is 0 Å². The van der Waals surface area contributed by atoms with Crippen molar-refractivity contribution >= 4 is 16.2 Å². The fraction of sp³-hybridized carbons (Fsp3) is 0.381. The van der Waals surface area contributed by atoms with Gasteiger partial charge in [0.25, 0.3) is 0 Å². The van der Waals surface area contributed by atoms with Crippen LogP contribution in [0.4, 0.5) is 4.79 Å². The first kappa shape index (κ1) is 22.7. The van der Waals surface area contributed by atoms with Gasteiger partial charge in [-0.15, -0.1) is 0 Å². The molecule has 2 aromatic carbocycles.